The van der Waals surface area contributed by atoms with E-state index in [0.717, 1.165) is 37.7 Å². The highest BCUT2D eigenvalue weighted by Gasteiger charge is 2.17. The molecule has 3 N–H and O–H groups in total. The predicted molar refractivity (Wildman–Crippen MR) is 88.3 cm³/mol. The summed E-state index contributed by atoms with van der Waals surface area (Å²) in [6, 6.07) is 9.80. The van der Waals surface area contributed by atoms with E-state index in [9.17, 15) is 9.18 Å². The van der Waals surface area contributed by atoms with Gasteiger partial charge in [-0.05, 0) is 44.1 Å². The fourth-order valence-electron chi connectivity index (χ4n) is 2.83. The van der Waals surface area contributed by atoms with Crippen LogP contribution in [0.2, 0.25) is 0 Å². The molecular formula is C18H20FN3O2. The molecule has 0 spiro atoms. The van der Waals surface area contributed by atoms with Gasteiger partial charge in [-0.1, -0.05) is 12.1 Å². The number of amides is 1. The second kappa shape index (κ2) is 7.40. The summed E-state index contributed by atoms with van der Waals surface area (Å²) in [6.45, 7) is 2.04. The number of hydrogen-bond donors (Lipinski definition) is 2. The molecule has 3 rings (SSSR count). The molecule has 1 aliphatic rings. The van der Waals surface area contributed by atoms with E-state index in [1.165, 1.54) is 12.1 Å². The fourth-order valence-corrected chi connectivity index (χ4v) is 2.83. The Morgan fingerprint density at radius 2 is 2.08 bits per heavy atom. The summed E-state index contributed by atoms with van der Waals surface area (Å²) in [6.07, 6.45) is 2.11. The summed E-state index contributed by atoms with van der Waals surface area (Å²) < 4.78 is 19.6. The van der Waals surface area contributed by atoms with Crippen molar-refractivity contribution < 1.29 is 13.9 Å². The Morgan fingerprint density at radius 3 is 2.79 bits per heavy atom. The second-order valence-electron chi connectivity index (χ2n) is 5.88. The number of hydrogen-bond acceptors (Lipinski definition) is 4. The van der Waals surface area contributed by atoms with E-state index in [1.54, 1.807) is 6.07 Å². The Bertz CT molecular complexity index is 730. The molecule has 0 saturated carbocycles. The lowest BCUT2D eigenvalue weighted by Crippen LogP contribution is -2.27. The smallest absolute Gasteiger partial charge is 0.248 e. The maximum atomic E-state index is 14.0. The predicted octanol–water partition coefficient (Wildman–Crippen LogP) is 2.37. The Labute approximate surface area is 140 Å². The molecule has 0 unspecified atom stereocenters. The molecule has 1 aromatic heterocycles. The molecule has 126 valence electrons. The zero-order valence-electron chi connectivity index (χ0n) is 13.3. The van der Waals surface area contributed by atoms with Gasteiger partial charge in [-0.25, -0.2) is 9.37 Å². The lowest BCUT2D eigenvalue weighted by Gasteiger charge is -2.22. The molecular weight excluding hydrogens is 309 g/mol. The molecule has 1 fully saturated rings. The highest BCUT2D eigenvalue weighted by Crippen LogP contribution is 2.25. The van der Waals surface area contributed by atoms with E-state index in [-0.39, 0.29) is 12.2 Å². The molecule has 6 heteroatoms. The van der Waals surface area contributed by atoms with Crippen molar-refractivity contribution in [2.75, 3.05) is 13.1 Å². The lowest BCUT2D eigenvalue weighted by atomic mass is 9.94. The number of halogens is 1. The van der Waals surface area contributed by atoms with Crippen LogP contribution < -0.4 is 15.8 Å². The van der Waals surface area contributed by atoms with Crippen LogP contribution in [0.3, 0.4) is 0 Å². The van der Waals surface area contributed by atoms with Crippen LogP contribution in [0.25, 0.3) is 0 Å². The van der Waals surface area contributed by atoms with Crippen molar-refractivity contribution in [1.82, 2.24) is 10.3 Å². The third kappa shape index (κ3) is 3.89. The minimum atomic E-state index is -0.655. The number of carbonyl (C=O) groups excluding carboxylic acids is 1. The third-order valence-electron chi connectivity index (χ3n) is 4.22. The number of ether oxygens (including phenoxy) is 1. The first-order chi connectivity index (χ1) is 11.6. The Balaban J connectivity index is 1.67. The average Bonchev–Trinajstić information content (AvgIpc) is 2.61. The number of aromatic nitrogens is 1. The first kappa shape index (κ1) is 16.4. The minimum absolute atomic E-state index is 0.0492. The maximum absolute atomic E-state index is 14.0. The number of pyridine rings is 1. The van der Waals surface area contributed by atoms with Crippen LogP contribution in [0.4, 0.5) is 4.39 Å². The number of benzene rings is 1. The van der Waals surface area contributed by atoms with E-state index in [4.69, 9.17) is 10.5 Å². The van der Waals surface area contributed by atoms with Gasteiger partial charge >= 0.3 is 0 Å². The topological polar surface area (TPSA) is 77.2 Å². The van der Waals surface area contributed by atoms with Crippen LogP contribution in [-0.2, 0) is 6.61 Å². The molecule has 2 aromatic rings. The standard InChI is InChI=1S/C18H20FN3O2/c19-15-10-13(18(20)23)4-5-14(15)11-24-17-3-1-2-16(22-17)12-6-8-21-9-7-12/h1-5,10,12,21H,6-9,11H2,(H2,20,23). The van der Waals surface area contributed by atoms with Gasteiger partial charge in [-0.3, -0.25) is 4.79 Å². The normalized spacial score (nSPS) is 15.2. The lowest BCUT2D eigenvalue weighted by molar-refractivity contribution is 0.0999. The number of primary amides is 1. The molecule has 2 heterocycles. The summed E-state index contributed by atoms with van der Waals surface area (Å²) in [4.78, 5) is 15.6. The number of nitrogens with one attached hydrogen (secondary N) is 1. The van der Waals surface area contributed by atoms with Crippen LogP contribution in [0.5, 0.6) is 5.88 Å². The molecule has 0 atom stereocenters. The monoisotopic (exact) mass is 329 g/mol. The van der Waals surface area contributed by atoms with Gasteiger partial charge in [-0.15, -0.1) is 0 Å². The minimum Gasteiger partial charge on any atom is -0.473 e. The van der Waals surface area contributed by atoms with E-state index >= 15 is 0 Å². The van der Waals surface area contributed by atoms with E-state index in [0.29, 0.717) is 17.4 Å². The number of piperidine rings is 1. The van der Waals surface area contributed by atoms with Gasteiger partial charge in [0.15, 0.2) is 0 Å². The molecule has 1 saturated heterocycles. The summed E-state index contributed by atoms with van der Waals surface area (Å²) in [5.74, 6) is -0.260. The van der Waals surface area contributed by atoms with Crippen molar-refractivity contribution in [2.45, 2.75) is 25.4 Å². The van der Waals surface area contributed by atoms with Crippen molar-refractivity contribution in [1.29, 1.82) is 0 Å². The Kier molecular flexibility index (Phi) is 5.05. The van der Waals surface area contributed by atoms with Crippen molar-refractivity contribution >= 4 is 5.91 Å². The fraction of sp³-hybridized carbons (Fsp3) is 0.333. The Hall–Kier alpha value is -2.47. The van der Waals surface area contributed by atoms with Crippen LogP contribution in [0.1, 0.15) is 40.4 Å². The van der Waals surface area contributed by atoms with Gasteiger partial charge in [-0.2, -0.15) is 0 Å². The van der Waals surface area contributed by atoms with E-state index in [2.05, 4.69) is 10.3 Å². The van der Waals surface area contributed by atoms with Crippen molar-refractivity contribution in [3.8, 4) is 5.88 Å². The number of nitrogens with zero attached hydrogens (tertiary/aromatic N) is 1. The van der Waals surface area contributed by atoms with E-state index < -0.39 is 11.7 Å². The molecule has 5 nitrogen and oxygen atoms in total. The summed E-state index contributed by atoms with van der Waals surface area (Å²) in [5, 5.41) is 3.33. The van der Waals surface area contributed by atoms with Gasteiger partial charge in [0.25, 0.3) is 0 Å². The largest absolute Gasteiger partial charge is 0.473 e. The van der Waals surface area contributed by atoms with Crippen molar-refractivity contribution in [2.24, 2.45) is 5.73 Å². The van der Waals surface area contributed by atoms with Gasteiger partial charge in [0.1, 0.15) is 12.4 Å². The van der Waals surface area contributed by atoms with Gasteiger partial charge in [0.05, 0.1) is 0 Å². The summed E-state index contributed by atoms with van der Waals surface area (Å²) in [7, 11) is 0. The number of nitrogens with two attached hydrogens (primary N) is 1. The SMILES string of the molecule is NC(=O)c1ccc(COc2cccc(C3CCNCC3)n2)c(F)c1. The zero-order valence-corrected chi connectivity index (χ0v) is 13.3. The van der Waals surface area contributed by atoms with Gasteiger partial charge < -0.3 is 15.8 Å². The molecule has 1 amide bonds. The molecule has 0 bridgehead atoms. The van der Waals surface area contributed by atoms with E-state index in [1.807, 2.05) is 12.1 Å². The Morgan fingerprint density at radius 1 is 1.29 bits per heavy atom. The van der Waals surface area contributed by atoms with Crippen LogP contribution >= 0.6 is 0 Å². The molecule has 0 radical (unpaired) electrons. The summed E-state index contributed by atoms with van der Waals surface area (Å²) >= 11 is 0. The van der Waals surface area contributed by atoms with Gasteiger partial charge in [0, 0.05) is 28.8 Å². The third-order valence-corrected chi connectivity index (χ3v) is 4.22. The van der Waals surface area contributed by atoms with Crippen LogP contribution in [0.15, 0.2) is 36.4 Å². The molecule has 1 aromatic carbocycles. The highest BCUT2D eigenvalue weighted by atomic mass is 19.1. The van der Waals surface area contributed by atoms with Gasteiger partial charge in [0.2, 0.25) is 11.8 Å². The second-order valence-corrected chi connectivity index (χ2v) is 5.88. The summed E-state index contributed by atoms with van der Waals surface area (Å²) in [5.41, 5.74) is 6.64. The molecule has 0 aliphatic carbocycles. The number of carbonyl (C=O) groups is 1. The van der Waals surface area contributed by atoms with Crippen molar-refractivity contribution in [3.63, 3.8) is 0 Å². The molecule has 1 aliphatic heterocycles. The maximum Gasteiger partial charge on any atom is 0.248 e. The highest BCUT2D eigenvalue weighted by molar-refractivity contribution is 5.92. The van der Waals surface area contributed by atoms with Crippen molar-refractivity contribution in [3.05, 3.63) is 59.0 Å². The van der Waals surface area contributed by atoms with Crippen LogP contribution in [0, 0.1) is 5.82 Å². The first-order valence-electron chi connectivity index (χ1n) is 8.02. The average molecular weight is 329 g/mol. The first-order valence-corrected chi connectivity index (χ1v) is 8.02. The quantitative estimate of drug-likeness (QED) is 0.883. The van der Waals surface area contributed by atoms with Crippen LogP contribution in [-0.4, -0.2) is 24.0 Å². The zero-order chi connectivity index (χ0) is 16.9. The number of rotatable bonds is 5. The molecule has 24 heavy (non-hydrogen) atoms.